The van der Waals surface area contributed by atoms with Gasteiger partial charge in [0.05, 0.1) is 13.7 Å². The molecule has 0 spiro atoms. The summed E-state index contributed by atoms with van der Waals surface area (Å²) >= 11 is 0. The van der Waals surface area contributed by atoms with E-state index in [1.807, 2.05) is 13.0 Å². The van der Waals surface area contributed by atoms with Crippen LogP contribution in [0.1, 0.15) is 6.92 Å². The zero-order chi connectivity index (χ0) is 8.10. The minimum atomic E-state index is 0.647. The third kappa shape index (κ3) is 1.87. The van der Waals surface area contributed by atoms with Crippen LogP contribution < -0.4 is 9.47 Å². The lowest BCUT2D eigenvalue weighted by atomic mass is 10.3. The minimum Gasteiger partial charge on any atom is -0.493 e. The number of rotatable bonds is 3. The molecule has 0 aliphatic rings. The first-order valence-corrected chi connectivity index (χ1v) is 3.55. The molecule has 0 unspecified atom stereocenters. The summed E-state index contributed by atoms with van der Waals surface area (Å²) in [6.45, 7) is 2.58. The summed E-state index contributed by atoms with van der Waals surface area (Å²) in [6, 6.07) is 8.30. The second-order valence-corrected chi connectivity index (χ2v) is 2.01. The van der Waals surface area contributed by atoms with Gasteiger partial charge in [0.25, 0.3) is 0 Å². The zero-order valence-electron chi connectivity index (χ0n) is 6.76. The van der Waals surface area contributed by atoms with Crippen molar-refractivity contribution in [1.82, 2.24) is 0 Å². The van der Waals surface area contributed by atoms with Crippen LogP contribution in [0, 0.1) is 6.07 Å². The maximum Gasteiger partial charge on any atom is 0.161 e. The molecule has 1 radical (unpaired) electrons. The van der Waals surface area contributed by atoms with E-state index in [-0.39, 0.29) is 0 Å². The van der Waals surface area contributed by atoms with E-state index in [2.05, 4.69) is 6.07 Å². The van der Waals surface area contributed by atoms with Crippen LogP contribution in [0.5, 0.6) is 11.5 Å². The maximum atomic E-state index is 5.27. The Balaban J connectivity index is 2.83. The lowest BCUT2D eigenvalue weighted by Gasteiger charge is -2.06. The molecule has 0 aliphatic carbocycles. The van der Waals surface area contributed by atoms with Gasteiger partial charge in [0.15, 0.2) is 11.5 Å². The Hall–Kier alpha value is -1.18. The summed E-state index contributed by atoms with van der Waals surface area (Å²) < 4.78 is 10.3. The first-order chi connectivity index (χ1) is 5.38. The van der Waals surface area contributed by atoms with E-state index in [0.717, 1.165) is 11.5 Å². The molecule has 0 aromatic heterocycles. The van der Waals surface area contributed by atoms with Crippen LogP contribution in [0.3, 0.4) is 0 Å². The van der Waals surface area contributed by atoms with Crippen LogP contribution in [-0.2, 0) is 0 Å². The highest BCUT2D eigenvalue weighted by molar-refractivity contribution is 5.38. The Morgan fingerprint density at radius 2 is 2.27 bits per heavy atom. The molecule has 0 saturated carbocycles. The van der Waals surface area contributed by atoms with Crippen LogP contribution >= 0.6 is 0 Å². The average Bonchev–Trinajstić information content (AvgIpc) is 2.06. The van der Waals surface area contributed by atoms with Crippen molar-refractivity contribution in [3.05, 3.63) is 24.3 Å². The molecule has 0 N–H and O–H groups in total. The molecule has 0 bridgehead atoms. The fourth-order valence-corrected chi connectivity index (χ4v) is 0.838. The summed E-state index contributed by atoms with van der Waals surface area (Å²) in [5, 5.41) is 0. The van der Waals surface area contributed by atoms with E-state index in [4.69, 9.17) is 9.47 Å². The second kappa shape index (κ2) is 3.86. The highest BCUT2D eigenvalue weighted by atomic mass is 16.5. The first-order valence-electron chi connectivity index (χ1n) is 3.55. The molecule has 0 saturated heterocycles. The molecule has 11 heavy (non-hydrogen) atoms. The molecular formula is C9H11O2. The normalized spacial score (nSPS) is 9.27. The van der Waals surface area contributed by atoms with Gasteiger partial charge in [0.1, 0.15) is 0 Å². The monoisotopic (exact) mass is 151 g/mol. The fourth-order valence-electron chi connectivity index (χ4n) is 0.838. The van der Waals surface area contributed by atoms with Crippen molar-refractivity contribution in [3.63, 3.8) is 0 Å². The van der Waals surface area contributed by atoms with E-state index in [9.17, 15) is 0 Å². The smallest absolute Gasteiger partial charge is 0.161 e. The highest BCUT2D eigenvalue weighted by Gasteiger charge is 1.99. The van der Waals surface area contributed by atoms with E-state index in [1.54, 1.807) is 19.2 Å². The molecule has 1 aromatic carbocycles. The van der Waals surface area contributed by atoms with Gasteiger partial charge in [-0.25, -0.2) is 0 Å². The molecule has 2 nitrogen and oxygen atoms in total. The lowest BCUT2D eigenvalue weighted by molar-refractivity contribution is 0.311. The van der Waals surface area contributed by atoms with Gasteiger partial charge in [-0.15, -0.1) is 0 Å². The topological polar surface area (TPSA) is 18.5 Å². The van der Waals surface area contributed by atoms with E-state index >= 15 is 0 Å². The second-order valence-electron chi connectivity index (χ2n) is 2.01. The quantitative estimate of drug-likeness (QED) is 0.656. The Morgan fingerprint density at radius 1 is 1.45 bits per heavy atom. The Morgan fingerprint density at radius 3 is 2.91 bits per heavy atom. The first kappa shape index (κ1) is 7.92. The van der Waals surface area contributed by atoms with Crippen molar-refractivity contribution in [2.24, 2.45) is 0 Å². The van der Waals surface area contributed by atoms with E-state index in [1.165, 1.54) is 0 Å². The molecular weight excluding hydrogens is 140 g/mol. The lowest BCUT2D eigenvalue weighted by Crippen LogP contribution is -1.94. The van der Waals surface area contributed by atoms with E-state index < -0.39 is 0 Å². The van der Waals surface area contributed by atoms with Crippen molar-refractivity contribution in [2.75, 3.05) is 13.7 Å². The summed E-state index contributed by atoms with van der Waals surface area (Å²) in [6.07, 6.45) is 0. The molecule has 1 aromatic rings. The van der Waals surface area contributed by atoms with Crippen molar-refractivity contribution in [1.29, 1.82) is 0 Å². The van der Waals surface area contributed by atoms with Gasteiger partial charge in [-0.05, 0) is 25.1 Å². The molecule has 59 valence electrons. The third-order valence-corrected chi connectivity index (χ3v) is 1.31. The van der Waals surface area contributed by atoms with Crippen molar-refractivity contribution in [2.45, 2.75) is 6.92 Å². The number of hydrogen-bond acceptors (Lipinski definition) is 2. The van der Waals surface area contributed by atoms with Crippen LogP contribution in [0.25, 0.3) is 0 Å². The van der Waals surface area contributed by atoms with Gasteiger partial charge in [-0.1, -0.05) is 6.07 Å². The standard InChI is InChI=1S/C9H11O2/c1-3-11-9-7-5-4-6-8(9)10-2/h4,6-7H,3H2,1-2H3. The van der Waals surface area contributed by atoms with Crippen molar-refractivity contribution >= 4 is 0 Å². The van der Waals surface area contributed by atoms with Crippen molar-refractivity contribution in [3.8, 4) is 11.5 Å². The van der Waals surface area contributed by atoms with Crippen LogP contribution in [0.15, 0.2) is 18.2 Å². The molecule has 0 heterocycles. The zero-order valence-corrected chi connectivity index (χ0v) is 6.76. The number of methoxy groups -OCH3 is 1. The largest absolute Gasteiger partial charge is 0.493 e. The van der Waals surface area contributed by atoms with Crippen LogP contribution in [-0.4, -0.2) is 13.7 Å². The van der Waals surface area contributed by atoms with Gasteiger partial charge in [-0.3, -0.25) is 0 Å². The van der Waals surface area contributed by atoms with Crippen LogP contribution in [0.2, 0.25) is 0 Å². The predicted octanol–water partition coefficient (Wildman–Crippen LogP) is 1.89. The molecule has 0 aliphatic heterocycles. The SMILES string of the molecule is CCOc1c[c]ccc1OC. The highest BCUT2D eigenvalue weighted by Crippen LogP contribution is 2.24. The third-order valence-electron chi connectivity index (χ3n) is 1.31. The fraction of sp³-hybridized carbons (Fsp3) is 0.333. The van der Waals surface area contributed by atoms with Gasteiger partial charge < -0.3 is 9.47 Å². The summed E-state index contributed by atoms with van der Waals surface area (Å²) in [5.74, 6) is 1.50. The van der Waals surface area contributed by atoms with Crippen LogP contribution in [0.4, 0.5) is 0 Å². The van der Waals surface area contributed by atoms with Gasteiger partial charge in [0.2, 0.25) is 0 Å². The summed E-state index contributed by atoms with van der Waals surface area (Å²) in [4.78, 5) is 0. The summed E-state index contributed by atoms with van der Waals surface area (Å²) in [5.41, 5.74) is 0. The molecule has 1 rings (SSSR count). The van der Waals surface area contributed by atoms with E-state index in [0.29, 0.717) is 6.61 Å². The predicted molar refractivity (Wildman–Crippen MR) is 43.0 cm³/mol. The number of hydrogen-bond donors (Lipinski definition) is 0. The van der Waals surface area contributed by atoms with Gasteiger partial charge in [-0.2, -0.15) is 0 Å². The summed E-state index contributed by atoms with van der Waals surface area (Å²) in [7, 11) is 1.62. The Bertz CT molecular complexity index is 221. The number of benzene rings is 1. The minimum absolute atomic E-state index is 0.647. The Labute approximate surface area is 66.8 Å². The molecule has 0 amide bonds. The van der Waals surface area contributed by atoms with Gasteiger partial charge in [0, 0.05) is 0 Å². The number of ether oxygens (including phenoxy) is 2. The average molecular weight is 151 g/mol. The molecule has 0 fully saturated rings. The maximum absolute atomic E-state index is 5.27. The van der Waals surface area contributed by atoms with Crippen molar-refractivity contribution < 1.29 is 9.47 Å². The molecule has 0 atom stereocenters. The Kier molecular flexibility index (Phi) is 2.78. The van der Waals surface area contributed by atoms with Gasteiger partial charge >= 0.3 is 0 Å². The molecule has 2 heteroatoms.